The molecule has 1 aliphatic rings. The highest BCUT2D eigenvalue weighted by Crippen LogP contribution is 2.06. The number of nitrogens with zero attached hydrogens (tertiary/aromatic N) is 4. The predicted molar refractivity (Wildman–Crippen MR) is 149 cm³/mol. The lowest BCUT2D eigenvalue weighted by molar-refractivity contribution is -0.144. The summed E-state index contributed by atoms with van der Waals surface area (Å²) < 4.78 is 5.20. The third-order valence-corrected chi connectivity index (χ3v) is 6.81. The van der Waals surface area contributed by atoms with Crippen LogP contribution in [-0.2, 0) is 28.7 Å². The summed E-state index contributed by atoms with van der Waals surface area (Å²) in [4.78, 5) is 65.5. The number of rotatable bonds is 19. The number of carboxylic acid groups (broad SMARTS) is 3. The van der Waals surface area contributed by atoms with E-state index in [4.69, 9.17) is 9.84 Å². The van der Waals surface area contributed by atoms with Gasteiger partial charge in [0.05, 0.1) is 32.8 Å². The van der Waals surface area contributed by atoms with Crippen molar-refractivity contribution in [1.82, 2.24) is 19.6 Å². The zero-order valence-corrected chi connectivity index (χ0v) is 24.1. The van der Waals surface area contributed by atoms with Gasteiger partial charge in [0, 0.05) is 71.8 Å². The molecule has 0 radical (unpaired) electrons. The van der Waals surface area contributed by atoms with Gasteiger partial charge in [0.2, 0.25) is 0 Å². The first-order valence-corrected chi connectivity index (χ1v) is 14.4. The molecule has 4 N–H and O–H groups in total. The average molecular weight is 589 g/mol. The number of aliphatic hydroxyl groups is 1. The van der Waals surface area contributed by atoms with E-state index >= 15 is 0 Å². The number of unbranched alkanes of at least 4 members (excludes halogenated alkanes) is 4. The van der Waals surface area contributed by atoms with Crippen LogP contribution >= 0.6 is 0 Å². The summed E-state index contributed by atoms with van der Waals surface area (Å²) >= 11 is 0. The molecule has 0 aliphatic carbocycles. The summed E-state index contributed by atoms with van der Waals surface area (Å²) in [5.74, 6) is -3.23. The monoisotopic (exact) mass is 588 g/mol. The van der Waals surface area contributed by atoms with Crippen LogP contribution in [0.2, 0.25) is 0 Å². The number of carboxylic acids is 3. The van der Waals surface area contributed by atoms with Gasteiger partial charge in [-0.05, 0) is 32.1 Å². The van der Waals surface area contributed by atoms with Crippen LogP contribution in [0.1, 0.15) is 51.4 Å². The molecule has 0 aromatic carbocycles. The van der Waals surface area contributed by atoms with Crippen molar-refractivity contribution < 1.29 is 49.1 Å². The fourth-order valence-corrected chi connectivity index (χ4v) is 4.53. The summed E-state index contributed by atoms with van der Waals surface area (Å²) in [5.41, 5.74) is 0. The largest absolute Gasteiger partial charge is 0.480 e. The van der Waals surface area contributed by atoms with E-state index in [0.717, 1.165) is 12.8 Å². The van der Waals surface area contributed by atoms with Crippen LogP contribution in [0.5, 0.6) is 0 Å². The van der Waals surface area contributed by atoms with Crippen LogP contribution in [0.25, 0.3) is 0 Å². The highest BCUT2D eigenvalue weighted by molar-refractivity contribution is 5.80. The third-order valence-electron chi connectivity index (χ3n) is 6.81. The molecule has 0 atom stereocenters. The van der Waals surface area contributed by atoms with Gasteiger partial charge >= 0.3 is 23.9 Å². The number of Topliss-reactive ketones (excluding diaryl/α,β-unsaturated/α-hetero) is 1. The maximum Gasteiger partial charge on any atom is 0.317 e. The molecule has 236 valence electrons. The lowest BCUT2D eigenvalue weighted by atomic mass is 10.1. The van der Waals surface area contributed by atoms with E-state index in [2.05, 4.69) is 0 Å². The first-order chi connectivity index (χ1) is 19.6. The van der Waals surface area contributed by atoms with Crippen LogP contribution in [-0.4, -0.2) is 161 Å². The normalized spacial score (nSPS) is 16.9. The van der Waals surface area contributed by atoms with Gasteiger partial charge in [-0.1, -0.05) is 6.42 Å². The van der Waals surface area contributed by atoms with Gasteiger partial charge in [0.25, 0.3) is 0 Å². The van der Waals surface area contributed by atoms with E-state index < -0.39 is 17.9 Å². The number of aliphatic carboxylic acids is 3. The Morgan fingerprint density at radius 1 is 0.512 bits per heavy atom. The Hall–Kier alpha value is -2.65. The molecule has 1 aliphatic heterocycles. The van der Waals surface area contributed by atoms with Crippen LogP contribution < -0.4 is 0 Å². The average Bonchev–Trinajstić information content (AvgIpc) is 2.89. The van der Waals surface area contributed by atoms with E-state index in [0.29, 0.717) is 97.5 Å². The van der Waals surface area contributed by atoms with E-state index in [1.54, 1.807) is 14.7 Å². The Morgan fingerprint density at radius 3 is 1.32 bits per heavy atom. The molecule has 1 heterocycles. The molecule has 0 unspecified atom stereocenters. The van der Waals surface area contributed by atoms with Crippen molar-refractivity contribution in [1.29, 1.82) is 0 Å². The fraction of sp³-hybridized carbons (Fsp3) is 0.815. The minimum absolute atomic E-state index is 0.0279. The Bertz CT molecular complexity index is 781. The molecule has 0 saturated carbocycles. The van der Waals surface area contributed by atoms with Crippen molar-refractivity contribution in [3.8, 4) is 0 Å². The minimum Gasteiger partial charge on any atom is -0.480 e. The fourth-order valence-electron chi connectivity index (χ4n) is 4.53. The van der Waals surface area contributed by atoms with Gasteiger partial charge < -0.3 is 25.2 Å². The number of hydrogen-bond acceptors (Lipinski definition) is 11. The SMILES string of the molecule is O=C(O)CN1CCN(CC(=O)O)CCN(CC(=O)CCCCCOC(=O)CCCCCO)CCN(CC(=O)O)CC1. The van der Waals surface area contributed by atoms with Crippen LogP contribution in [0.15, 0.2) is 0 Å². The van der Waals surface area contributed by atoms with Gasteiger partial charge in [0.15, 0.2) is 0 Å². The number of esters is 1. The number of carbonyl (C=O) groups is 5. The maximum atomic E-state index is 12.7. The van der Waals surface area contributed by atoms with Gasteiger partial charge in [-0.2, -0.15) is 0 Å². The molecule has 14 heteroatoms. The molecule has 1 rings (SSSR count). The summed E-state index contributed by atoms with van der Waals surface area (Å²) in [6, 6.07) is 0. The number of ether oxygens (including phenoxy) is 1. The first-order valence-electron chi connectivity index (χ1n) is 14.4. The molecule has 0 aromatic rings. The molecule has 14 nitrogen and oxygen atoms in total. The second-order valence-electron chi connectivity index (χ2n) is 10.4. The van der Waals surface area contributed by atoms with E-state index in [1.807, 2.05) is 4.90 Å². The molecule has 0 amide bonds. The van der Waals surface area contributed by atoms with Crippen molar-refractivity contribution >= 4 is 29.7 Å². The second kappa shape index (κ2) is 22.0. The number of hydrogen-bond donors (Lipinski definition) is 4. The molecule has 41 heavy (non-hydrogen) atoms. The standard InChI is InChI=1S/C27H48N4O10/c32-17-5-1-4-8-27(40)41-18-6-2-3-7-23(33)19-28-9-11-29(20-24(34)35)13-15-31(22-26(38)39)16-14-30(12-10-28)21-25(36)37/h32H,1-22H2,(H,34,35)(H,36,37)(H,38,39). The number of aliphatic hydroxyl groups excluding tert-OH is 1. The van der Waals surface area contributed by atoms with Crippen LogP contribution in [0.4, 0.5) is 0 Å². The highest BCUT2D eigenvalue weighted by atomic mass is 16.5. The van der Waals surface area contributed by atoms with E-state index in [-0.39, 0.29) is 44.5 Å². The van der Waals surface area contributed by atoms with Crippen LogP contribution in [0, 0.1) is 0 Å². The lowest BCUT2D eigenvalue weighted by Gasteiger charge is -2.32. The summed E-state index contributed by atoms with van der Waals surface area (Å²) in [6.45, 7) is 2.79. The third kappa shape index (κ3) is 20.0. The number of carbonyl (C=O) groups excluding carboxylic acids is 2. The Labute approximate surface area is 241 Å². The lowest BCUT2D eigenvalue weighted by Crippen LogP contribution is -2.49. The van der Waals surface area contributed by atoms with E-state index in [1.165, 1.54) is 0 Å². The van der Waals surface area contributed by atoms with Gasteiger partial charge in [-0.15, -0.1) is 0 Å². The van der Waals surface area contributed by atoms with Gasteiger partial charge in [-0.25, -0.2) is 0 Å². The second-order valence-corrected chi connectivity index (χ2v) is 10.4. The van der Waals surface area contributed by atoms with Gasteiger partial charge in [-0.3, -0.25) is 43.6 Å². The Morgan fingerprint density at radius 2 is 0.902 bits per heavy atom. The molecule has 1 saturated heterocycles. The van der Waals surface area contributed by atoms with Gasteiger partial charge in [0.1, 0.15) is 5.78 Å². The van der Waals surface area contributed by atoms with Crippen molar-refractivity contribution in [2.45, 2.75) is 51.4 Å². The zero-order valence-electron chi connectivity index (χ0n) is 24.1. The zero-order chi connectivity index (χ0) is 30.5. The maximum absolute atomic E-state index is 12.7. The highest BCUT2D eigenvalue weighted by Gasteiger charge is 2.21. The summed E-state index contributed by atoms with van der Waals surface area (Å²) in [7, 11) is 0. The summed E-state index contributed by atoms with van der Waals surface area (Å²) in [5, 5.41) is 36.7. The summed E-state index contributed by atoms with van der Waals surface area (Å²) in [6.07, 6.45) is 4.88. The van der Waals surface area contributed by atoms with Crippen molar-refractivity contribution in [2.24, 2.45) is 0 Å². The van der Waals surface area contributed by atoms with Crippen molar-refractivity contribution in [2.75, 3.05) is 91.8 Å². The number of ketones is 1. The van der Waals surface area contributed by atoms with E-state index in [9.17, 15) is 39.3 Å². The smallest absolute Gasteiger partial charge is 0.317 e. The Balaban J connectivity index is 2.60. The molecule has 1 fully saturated rings. The molecular weight excluding hydrogens is 540 g/mol. The Kier molecular flexibility index (Phi) is 19.5. The first kappa shape index (κ1) is 36.4. The quantitative estimate of drug-likeness (QED) is 0.114. The molecule has 0 bridgehead atoms. The molecular formula is C27H48N4O10. The minimum atomic E-state index is -1.01. The van der Waals surface area contributed by atoms with Crippen LogP contribution in [0.3, 0.4) is 0 Å². The molecule has 0 spiro atoms. The topological polar surface area (TPSA) is 188 Å². The predicted octanol–water partition coefficient (Wildman–Crippen LogP) is -0.313. The van der Waals surface area contributed by atoms with Crippen molar-refractivity contribution in [3.05, 3.63) is 0 Å². The van der Waals surface area contributed by atoms with Crippen molar-refractivity contribution in [3.63, 3.8) is 0 Å². The molecule has 0 aromatic heterocycles.